The predicted molar refractivity (Wildman–Crippen MR) is 81.7 cm³/mol. The highest BCUT2D eigenvalue weighted by molar-refractivity contribution is 7.10. The zero-order chi connectivity index (χ0) is 14.1. The maximum atomic E-state index is 13.0. The Balaban J connectivity index is 1.94. The fourth-order valence-corrected chi connectivity index (χ4v) is 3.25. The van der Waals surface area contributed by atoms with Crippen LogP contribution in [0.2, 0.25) is 0 Å². The van der Waals surface area contributed by atoms with Crippen LogP contribution in [0.15, 0.2) is 46.9 Å². The molecule has 20 heavy (non-hydrogen) atoms. The molecule has 1 unspecified atom stereocenters. The van der Waals surface area contributed by atoms with Crippen molar-refractivity contribution in [1.29, 1.82) is 0 Å². The van der Waals surface area contributed by atoms with E-state index in [1.807, 2.05) is 12.3 Å². The van der Waals surface area contributed by atoms with Gasteiger partial charge >= 0.3 is 0 Å². The van der Waals surface area contributed by atoms with E-state index in [0.29, 0.717) is 0 Å². The normalized spacial score (nSPS) is 17.8. The van der Waals surface area contributed by atoms with Crippen molar-refractivity contribution >= 4 is 17.2 Å². The quantitative estimate of drug-likeness (QED) is 0.882. The molecule has 1 aliphatic rings. The van der Waals surface area contributed by atoms with Crippen molar-refractivity contribution in [2.75, 3.05) is 0 Å². The van der Waals surface area contributed by atoms with Crippen LogP contribution in [0.25, 0.3) is 0 Å². The molecule has 2 heterocycles. The summed E-state index contributed by atoms with van der Waals surface area (Å²) in [5, 5.41) is 5.29. The molecular weight excluding hydrogens is 271 g/mol. The second-order valence-corrected chi connectivity index (χ2v) is 5.75. The molecule has 0 spiro atoms. The van der Waals surface area contributed by atoms with Crippen LogP contribution in [0.5, 0.6) is 0 Å². The highest BCUT2D eigenvalue weighted by atomic mass is 32.1. The molecule has 0 fully saturated rings. The van der Waals surface area contributed by atoms with E-state index < -0.39 is 0 Å². The van der Waals surface area contributed by atoms with Crippen molar-refractivity contribution in [3.8, 4) is 0 Å². The first-order chi connectivity index (χ1) is 9.65. The van der Waals surface area contributed by atoms with Crippen LogP contribution in [-0.2, 0) is 0 Å². The standard InChI is InChI=1S/C16H15FN2S/c1-10-9-20-15(11(10)2)14-7-8-18-16(19-14)12-3-5-13(17)6-4-12/h3-9,14H,1-2H3,(H,18,19). The van der Waals surface area contributed by atoms with Gasteiger partial charge in [0.05, 0.1) is 0 Å². The van der Waals surface area contributed by atoms with Gasteiger partial charge in [0.25, 0.3) is 0 Å². The number of hydrogen-bond acceptors (Lipinski definition) is 3. The minimum Gasteiger partial charge on any atom is -0.347 e. The molecule has 1 aromatic carbocycles. The molecule has 0 radical (unpaired) electrons. The van der Waals surface area contributed by atoms with Crippen LogP contribution in [0.1, 0.15) is 27.6 Å². The number of amidine groups is 1. The van der Waals surface area contributed by atoms with Gasteiger partial charge in [0.2, 0.25) is 0 Å². The van der Waals surface area contributed by atoms with Crippen molar-refractivity contribution in [3.63, 3.8) is 0 Å². The van der Waals surface area contributed by atoms with Gasteiger partial charge in [-0.2, -0.15) is 0 Å². The summed E-state index contributed by atoms with van der Waals surface area (Å²) in [5.74, 6) is 0.546. The Morgan fingerprint density at radius 3 is 2.60 bits per heavy atom. The van der Waals surface area contributed by atoms with Crippen molar-refractivity contribution in [2.45, 2.75) is 19.9 Å². The number of nitrogens with one attached hydrogen (secondary N) is 1. The van der Waals surface area contributed by atoms with Crippen LogP contribution in [0.3, 0.4) is 0 Å². The monoisotopic (exact) mass is 286 g/mol. The first-order valence-electron chi connectivity index (χ1n) is 6.46. The maximum Gasteiger partial charge on any atom is 0.133 e. The average molecular weight is 286 g/mol. The summed E-state index contributed by atoms with van der Waals surface area (Å²) >= 11 is 1.74. The predicted octanol–water partition coefficient (Wildman–Crippen LogP) is 4.11. The van der Waals surface area contributed by atoms with Gasteiger partial charge in [-0.05, 0) is 60.7 Å². The van der Waals surface area contributed by atoms with Gasteiger partial charge in [0.15, 0.2) is 0 Å². The number of aliphatic imine (C=N–C) groups is 1. The highest BCUT2D eigenvalue weighted by Crippen LogP contribution is 2.32. The third-order valence-corrected chi connectivity index (χ3v) is 4.75. The lowest BCUT2D eigenvalue weighted by Crippen LogP contribution is -2.23. The Labute approximate surface area is 121 Å². The van der Waals surface area contributed by atoms with Crippen LogP contribution in [0.4, 0.5) is 4.39 Å². The lowest BCUT2D eigenvalue weighted by molar-refractivity contribution is 0.627. The van der Waals surface area contributed by atoms with Gasteiger partial charge in [-0.25, -0.2) is 4.39 Å². The van der Waals surface area contributed by atoms with Gasteiger partial charge < -0.3 is 5.32 Å². The lowest BCUT2D eigenvalue weighted by atomic mass is 10.1. The van der Waals surface area contributed by atoms with Crippen LogP contribution in [-0.4, -0.2) is 5.84 Å². The van der Waals surface area contributed by atoms with Gasteiger partial charge in [-0.3, -0.25) is 4.99 Å². The van der Waals surface area contributed by atoms with Crippen molar-refractivity contribution in [2.24, 2.45) is 4.99 Å². The summed E-state index contributed by atoms with van der Waals surface area (Å²) in [6.45, 7) is 4.24. The number of aryl methyl sites for hydroxylation is 1. The van der Waals surface area contributed by atoms with Gasteiger partial charge in [-0.1, -0.05) is 0 Å². The molecule has 2 aromatic rings. The largest absolute Gasteiger partial charge is 0.347 e. The molecule has 0 saturated carbocycles. The molecule has 102 valence electrons. The molecule has 1 aromatic heterocycles. The molecule has 0 amide bonds. The maximum absolute atomic E-state index is 13.0. The number of halogens is 1. The Bertz CT molecular complexity index is 683. The fourth-order valence-electron chi connectivity index (χ4n) is 2.16. The molecular formula is C16H15FN2S. The van der Waals surface area contributed by atoms with Gasteiger partial charge in [-0.15, -0.1) is 11.3 Å². The van der Waals surface area contributed by atoms with E-state index in [0.717, 1.165) is 11.4 Å². The Kier molecular flexibility index (Phi) is 3.40. The lowest BCUT2D eigenvalue weighted by Gasteiger charge is -2.17. The van der Waals surface area contributed by atoms with Crippen molar-refractivity contribution in [3.05, 3.63) is 69.3 Å². The number of nitrogens with zero attached hydrogens (tertiary/aromatic N) is 1. The Morgan fingerprint density at radius 1 is 1.20 bits per heavy atom. The second kappa shape index (κ2) is 5.21. The number of benzene rings is 1. The smallest absolute Gasteiger partial charge is 0.133 e. The fraction of sp³-hybridized carbons (Fsp3) is 0.188. The third kappa shape index (κ3) is 2.39. The van der Waals surface area contributed by atoms with E-state index in [1.54, 1.807) is 23.5 Å². The molecule has 0 saturated heterocycles. The molecule has 1 aliphatic heterocycles. The topological polar surface area (TPSA) is 24.4 Å². The van der Waals surface area contributed by atoms with E-state index in [2.05, 4.69) is 24.5 Å². The highest BCUT2D eigenvalue weighted by Gasteiger charge is 2.17. The average Bonchev–Trinajstić information content (AvgIpc) is 2.80. The second-order valence-electron chi connectivity index (χ2n) is 4.84. The number of thiophene rings is 1. The molecule has 2 nitrogen and oxygen atoms in total. The zero-order valence-corrected chi connectivity index (χ0v) is 12.2. The van der Waals surface area contributed by atoms with Crippen molar-refractivity contribution in [1.82, 2.24) is 5.32 Å². The summed E-state index contributed by atoms with van der Waals surface area (Å²) in [5.41, 5.74) is 3.50. The van der Waals surface area contributed by atoms with Crippen LogP contribution >= 0.6 is 11.3 Å². The van der Waals surface area contributed by atoms with Gasteiger partial charge in [0, 0.05) is 16.6 Å². The molecule has 1 N–H and O–H groups in total. The Morgan fingerprint density at radius 2 is 1.95 bits per heavy atom. The molecule has 1 atom stereocenters. The summed E-state index contributed by atoms with van der Waals surface area (Å²) in [4.78, 5) is 6.00. The van der Waals surface area contributed by atoms with Crippen LogP contribution < -0.4 is 5.32 Å². The first kappa shape index (κ1) is 13.1. The summed E-state index contributed by atoms with van der Waals surface area (Å²) < 4.78 is 13.0. The Hall–Kier alpha value is -1.94. The van der Waals surface area contributed by atoms with Crippen molar-refractivity contribution < 1.29 is 4.39 Å². The van der Waals surface area contributed by atoms with Gasteiger partial charge in [0.1, 0.15) is 17.7 Å². The van der Waals surface area contributed by atoms with E-state index in [9.17, 15) is 4.39 Å². The minimum absolute atomic E-state index is 0.0370. The summed E-state index contributed by atoms with van der Waals surface area (Å²) in [6, 6.07) is 6.42. The van der Waals surface area contributed by atoms with E-state index in [4.69, 9.17) is 4.99 Å². The minimum atomic E-state index is -0.234. The molecule has 0 aliphatic carbocycles. The summed E-state index contributed by atoms with van der Waals surface area (Å²) in [6.07, 6.45) is 3.95. The third-order valence-electron chi connectivity index (χ3n) is 3.48. The summed E-state index contributed by atoms with van der Waals surface area (Å²) in [7, 11) is 0. The molecule has 4 heteroatoms. The SMILES string of the molecule is Cc1csc(C2C=CNC(c3ccc(F)cc3)=N2)c1C. The van der Waals surface area contributed by atoms with E-state index >= 15 is 0 Å². The number of hydrogen-bond donors (Lipinski definition) is 1. The zero-order valence-electron chi connectivity index (χ0n) is 11.4. The molecule has 3 rings (SSSR count). The van der Waals surface area contributed by atoms with E-state index in [1.165, 1.54) is 28.1 Å². The first-order valence-corrected chi connectivity index (χ1v) is 7.34. The molecule has 0 bridgehead atoms. The van der Waals surface area contributed by atoms with Crippen LogP contribution in [0, 0.1) is 19.7 Å². The van der Waals surface area contributed by atoms with E-state index in [-0.39, 0.29) is 11.9 Å². The number of rotatable bonds is 2.